The third kappa shape index (κ3) is 9.29. The summed E-state index contributed by atoms with van der Waals surface area (Å²) in [6.45, 7) is 7.80. The number of ether oxygens (including phenoxy) is 2. The molecule has 1 saturated carbocycles. The van der Waals surface area contributed by atoms with Crippen LogP contribution in [0.2, 0.25) is 0 Å². The van der Waals surface area contributed by atoms with E-state index in [1.807, 2.05) is 6.92 Å². The Morgan fingerprint density at radius 1 is 1.15 bits per heavy atom. The second-order valence-corrected chi connectivity index (χ2v) is 13.6. The fourth-order valence-corrected chi connectivity index (χ4v) is 7.02. The van der Waals surface area contributed by atoms with Gasteiger partial charge < -0.3 is 19.2 Å². The summed E-state index contributed by atoms with van der Waals surface area (Å²) < 4.78 is 36.1. The van der Waals surface area contributed by atoms with E-state index in [1.165, 1.54) is 30.6 Å². The van der Waals surface area contributed by atoms with Crippen molar-refractivity contribution in [2.24, 2.45) is 5.16 Å². The van der Waals surface area contributed by atoms with E-state index in [4.69, 9.17) is 14.3 Å². The predicted octanol–water partition coefficient (Wildman–Crippen LogP) is 3.02. The number of carbonyl (C=O) groups is 1. The molecule has 0 bridgehead atoms. The monoisotopic (exact) mass is 607 g/mol. The van der Waals surface area contributed by atoms with E-state index in [9.17, 15) is 13.2 Å². The van der Waals surface area contributed by atoms with Gasteiger partial charge in [-0.25, -0.2) is 13.4 Å². The van der Waals surface area contributed by atoms with Gasteiger partial charge in [-0.3, -0.25) is 15.0 Å². The highest BCUT2D eigenvalue weighted by atomic mass is 32.2. The van der Waals surface area contributed by atoms with Gasteiger partial charge in [0.1, 0.15) is 6.10 Å². The van der Waals surface area contributed by atoms with Crippen LogP contribution in [0.15, 0.2) is 40.5 Å². The standard InChI is InChI=1S/C28H41N5O6S2/c1-4-38-22-8-9-23(18-22)39-31-26(21-6-10-25(11-7-21)41(35,36)17-5-16-37-3)27(34)30-28-29-19-24(40-28)20-33-14-12-32(2)13-15-33/h6-7,10-11,19,22-23H,4-5,8-9,12-18,20H2,1-3H3,(H,29,30,34)/b31-26+/t22-,23-/m1/s1. The number of piperazine rings is 1. The normalized spacial score (nSPS) is 20.8. The van der Waals surface area contributed by atoms with E-state index < -0.39 is 15.7 Å². The fraction of sp³-hybridized carbons (Fsp3) is 0.607. The topological polar surface area (TPSA) is 123 Å². The number of carbonyl (C=O) groups excluding carboxylic acids is 1. The van der Waals surface area contributed by atoms with Crippen LogP contribution >= 0.6 is 11.3 Å². The molecule has 0 unspecified atom stereocenters. The molecule has 1 saturated heterocycles. The zero-order chi connectivity index (χ0) is 29.2. The molecule has 226 valence electrons. The number of rotatable bonds is 14. The van der Waals surface area contributed by atoms with Gasteiger partial charge in [0, 0.05) is 76.1 Å². The first-order chi connectivity index (χ1) is 19.8. The SMILES string of the molecule is CCO[C@@H]1CC[C@@H](O/N=C(/C(=O)Nc2ncc(CN3CCN(C)CC3)s2)c2ccc(S(=O)(=O)CCCOC)cc2)C1. The third-order valence-corrected chi connectivity index (χ3v) is 9.96. The Kier molecular flexibility index (Phi) is 11.7. The zero-order valence-electron chi connectivity index (χ0n) is 24.1. The van der Waals surface area contributed by atoms with Crippen LogP contribution in [0.5, 0.6) is 0 Å². The number of nitrogens with zero attached hydrogens (tertiary/aromatic N) is 4. The first-order valence-corrected chi connectivity index (χ1v) is 16.6. The summed E-state index contributed by atoms with van der Waals surface area (Å²) >= 11 is 1.43. The molecule has 2 heterocycles. The van der Waals surface area contributed by atoms with E-state index in [-0.39, 0.29) is 28.6 Å². The Bertz CT molecular complexity index is 1260. The van der Waals surface area contributed by atoms with E-state index in [0.29, 0.717) is 36.8 Å². The second kappa shape index (κ2) is 15.2. The summed E-state index contributed by atoms with van der Waals surface area (Å²) in [5.41, 5.74) is 0.510. The molecular formula is C28H41N5O6S2. The number of thiazole rings is 1. The van der Waals surface area contributed by atoms with Crippen LogP contribution in [0.3, 0.4) is 0 Å². The molecule has 0 spiro atoms. The molecule has 2 aromatic rings. The summed E-state index contributed by atoms with van der Waals surface area (Å²) in [4.78, 5) is 29.6. The minimum atomic E-state index is -3.47. The van der Waals surface area contributed by atoms with Crippen molar-refractivity contribution < 1.29 is 27.5 Å². The lowest BCUT2D eigenvalue weighted by Gasteiger charge is -2.31. The number of nitrogens with one attached hydrogen (secondary N) is 1. The first-order valence-electron chi connectivity index (χ1n) is 14.1. The van der Waals surface area contributed by atoms with Crippen molar-refractivity contribution in [2.45, 2.75) is 56.3 Å². The molecule has 1 aliphatic carbocycles. The fourth-order valence-electron chi connectivity index (χ4n) is 4.89. The minimum Gasteiger partial charge on any atom is -0.392 e. The maximum Gasteiger partial charge on any atom is 0.280 e. The predicted molar refractivity (Wildman–Crippen MR) is 159 cm³/mol. The van der Waals surface area contributed by atoms with Crippen LogP contribution in [0.1, 0.15) is 43.0 Å². The van der Waals surface area contributed by atoms with Gasteiger partial charge in [0.05, 0.1) is 16.8 Å². The maximum absolute atomic E-state index is 13.4. The van der Waals surface area contributed by atoms with Crippen LogP contribution < -0.4 is 5.32 Å². The Morgan fingerprint density at radius 2 is 1.88 bits per heavy atom. The maximum atomic E-state index is 13.4. The summed E-state index contributed by atoms with van der Waals surface area (Å²) in [6.07, 6.45) is 4.51. The molecule has 1 aliphatic heterocycles. The highest BCUT2D eigenvalue weighted by molar-refractivity contribution is 7.91. The van der Waals surface area contributed by atoms with Gasteiger partial charge in [0.15, 0.2) is 20.7 Å². The third-order valence-electron chi connectivity index (χ3n) is 7.24. The Hall–Kier alpha value is -2.42. The number of likely N-dealkylation sites (N-methyl/N-ethyl adjacent to an activating group) is 1. The summed E-state index contributed by atoms with van der Waals surface area (Å²) in [7, 11) is 0.191. The number of amides is 1. The lowest BCUT2D eigenvalue weighted by molar-refractivity contribution is -0.110. The van der Waals surface area contributed by atoms with Crippen molar-refractivity contribution in [2.75, 3.05) is 64.6 Å². The van der Waals surface area contributed by atoms with Gasteiger partial charge in [-0.15, -0.1) is 11.3 Å². The van der Waals surface area contributed by atoms with E-state index in [2.05, 4.69) is 32.3 Å². The first kappa shape index (κ1) is 31.5. The molecular weight excluding hydrogens is 566 g/mol. The van der Waals surface area contributed by atoms with Crippen LogP contribution in [0, 0.1) is 0 Å². The summed E-state index contributed by atoms with van der Waals surface area (Å²) in [6, 6.07) is 6.17. The average molecular weight is 608 g/mol. The quantitative estimate of drug-likeness (QED) is 0.196. The molecule has 2 fully saturated rings. The van der Waals surface area contributed by atoms with Crippen LogP contribution in [-0.4, -0.2) is 106 Å². The highest BCUT2D eigenvalue weighted by Crippen LogP contribution is 2.26. The lowest BCUT2D eigenvalue weighted by atomic mass is 10.1. The number of anilines is 1. The number of hydrogen-bond acceptors (Lipinski definition) is 11. The van der Waals surface area contributed by atoms with Gasteiger partial charge >= 0.3 is 0 Å². The van der Waals surface area contributed by atoms with Crippen LogP contribution in [0.25, 0.3) is 0 Å². The van der Waals surface area contributed by atoms with Gasteiger partial charge in [0.25, 0.3) is 5.91 Å². The molecule has 1 aromatic heterocycles. The number of aromatic nitrogens is 1. The Balaban J connectivity index is 1.47. The van der Waals surface area contributed by atoms with Crippen LogP contribution in [0.4, 0.5) is 5.13 Å². The van der Waals surface area contributed by atoms with Gasteiger partial charge in [0.2, 0.25) is 0 Å². The van der Waals surface area contributed by atoms with Crippen LogP contribution in [-0.2, 0) is 35.5 Å². The molecule has 2 atom stereocenters. The highest BCUT2D eigenvalue weighted by Gasteiger charge is 2.28. The molecule has 11 nitrogen and oxygen atoms in total. The number of oxime groups is 1. The minimum absolute atomic E-state index is 0.0199. The average Bonchev–Trinajstić information content (AvgIpc) is 3.60. The van der Waals surface area contributed by atoms with E-state index in [1.54, 1.807) is 18.3 Å². The smallest absolute Gasteiger partial charge is 0.280 e. The summed E-state index contributed by atoms with van der Waals surface area (Å²) in [5, 5.41) is 7.61. The van der Waals surface area contributed by atoms with Crippen molar-refractivity contribution in [3.63, 3.8) is 0 Å². The number of hydrogen-bond donors (Lipinski definition) is 1. The van der Waals surface area contributed by atoms with E-state index >= 15 is 0 Å². The second-order valence-electron chi connectivity index (χ2n) is 10.4. The number of methoxy groups -OCH3 is 1. The van der Waals surface area contributed by atoms with Crippen molar-refractivity contribution in [3.05, 3.63) is 40.9 Å². The molecule has 0 radical (unpaired) electrons. The van der Waals surface area contributed by atoms with Gasteiger partial charge in [-0.2, -0.15) is 0 Å². The Labute approximate surface area is 246 Å². The van der Waals surface area contributed by atoms with Crippen molar-refractivity contribution in [3.8, 4) is 0 Å². The number of sulfone groups is 1. The van der Waals surface area contributed by atoms with E-state index in [0.717, 1.165) is 50.4 Å². The van der Waals surface area contributed by atoms with Gasteiger partial charge in [-0.1, -0.05) is 17.3 Å². The molecule has 13 heteroatoms. The lowest BCUT2D eigenvalue weighted by Crippen LogP contribution is -2.43. The largest absolute Gasteiger partial charge is 0.392 e. The molecule has 4 rings (SSSR count). The van der Waals surface area contributed by atoms with Crippen molar-refractivity contribution in [1.82, 2.24) is 14.8 Å². The Morgan fingerprint density at radius 3 is 2.59 bits per heavy atom. The molecule has 41 heavy (non-hydrogen) atoms. The number of benzene rings is 1. The van der Waals surface area contributed by atoms with Crippen molar-refractivity contribution in [1.29, 1.82) is 0 Å². The summed E-state index contributed by atoms with van der Waals surface area (Å²) in [5.74, 6) is -0.492. The molecule has 1 amide bonds. The van der Waals surface area contributed by atoms with Gasteiger partial charge in [-0.05, 0) is 45.4 Å². The van der Waals surface area contributed by atoms with Crippen molar-refractivity contribution >= 4 is 37.9 Å². The molecule has 2 aliphatic rings. The molecule has 1 aromatic carbocycles. The zero-order valence-corrected chi connectivity index (χ0v) is 25.7. The molecule has 1 N–H and O–H groups in total.